The van der Waals surface area contributed by atoms with Gasteiger partial charge < -0.3 is 14.8 Å². The number of halogens is 1. The summed E-state index contributed by atoms with van der Waals surface area (Å²) >= 11 is 6.07. The second kappa shape index (κ2) is 10.9. The number of hydrogen-bond donors (Lipinski definition) is 1. The predicted molar refractivity (Wildman–Crippen MR) is 125 cm³/mol. The van der Waals surface area contributed by atoms with Crippen LogP contribution in [0.4, 0.5) is 10.5 Å². The molecule has 1 aromatic heterocycles. The van der Waals surface area contributed by atoms with Gasteiger partial charge in [0.05, 0.1) is 6.54 Å². The molecule has 0 aliphatic rings. The number of unbranched alkanes of at least 4 members (excludes halogenated alkanes) is 2. The zero-order valence-corrected chi connectivity index (χ0v) is 18.5. The van der Waals surface area contributed by atoms with Crippen molar-refractivity contribution in [2.24, 2.45) is 0 Å². The highest BCUT2D eigenvalue weighted by atomic mass is 35.5. The van der Waals surface area contributed by atoms with Gasteiger partial charge >= 0.3 is 6.03 Å². The molecule has 0 atom stereocenters. The number of rotatable bonds is 9. The molecule has 158 valence electrons. The second-order valence-corrected chi connectivity index (χ2v) is 8.06. The minimum absolute atomic E-state index is 0.1000. The van der Waals surface area contributed by atoms with E-state index in [1.165, 1.54) is 11.1 Å². The number of nitrogens with one attached hydrogen (secondary N) is 1. The van der Waals surface area contributed by atoms with Crippen LogP contribution < -0.4 is 5.32 Å². The number of carbonyl (C=O) groups excluding carboxylic acids is 1. The molecule has 0 aliphatic heterocycles. The van der Waals surface area contributed by atoms with Gasteiger partial charge in [-0.25, -0.2) is 4.79 Å². The third-order valence-electron chi connectivity index (χ3n) is 5.27. The van der Waals surface area contributed by atoms with Crippen LogP contribution in [0, 0.1) is 6.92 Å². The summed E-state index contributed by atoms with van der Waals surface area (Å²) in [6, 6.07) is 19.7. The molecule has 30 heavy (non-hydrogen) atoms. The van der Waals surface area contributed by atoms with Crippen molar-refractivity contribution in [2.75, 3.05) is 11.9 Å². The molecule has 0 radical (unpaired) electrons. The Morgan fingerprint density at radius 3 is 2.67 bits per heavy atom. The van der Waals surface area contributed by atoms with E-state index in [1.54, 1.807) is 12.1 Å². The highest BCUT2D eigenvalue weighted by Crippen LogP contribution is 2.18. The van der Waals surface area contributed by atoms with Gasteiger partial charge in [-0.15, -0.1) is 0 Å². The lowest BCUT2D eigenvalue weighted by Gasteiger charge is -2.24. The smallest absolute Gasteiger partial charge is 0.322 e. The number of anilines is 1. The van der Waals surface area contributed by atoms with E-state index in [-0.39, 0.29) is 6.03 Å². The summed E-state index contributed by atoms with van der Waals surface area (Å²) in [5, 5.41) is 3.60. The summed E-state index contributed by atoms with van der Waals surface area (Å²) in [5.74, 6) is 0. The van der Waals surface area contributed by atoms with E-state index in [0.717, 1.165) is 38.0 Å². The Morgan fingerprint density at radius 1 is 1.07 bits per heavy atom. The molecule has 0 spiro atoms. The maximum Gasteiger partial charge on any atom is 0.322 e. The fraction of sp³-hybridized carbons (Fsp3) is 0.320. The number of carbonyl (C=O) groups is 1. The first-order valence-corrected chi connectivity index (χ1v) is 10.9. The Hall–Kier alpha value is -2.72. The number of hydrogen-bond acceptors (Lipinski definition) is 1. The van der Waals surface area contributed by atoms with Crippen LogP contribution in [0.5, 0.6) is 0 Å². The quantitative estimate of drug-likeness (QED) is 0.381. The summed E-state index contributed by atoms with van der Waals surface area (Å²) in [4.78, 5) is 14.9. The maximum atomic E-state index is 13.0. The van der Waals surface area contributed by atoms with Gasteiger partial charge in [-0.2, -0.15) is 0 Å². The van der Waals surface area contributed by atoms with Crippen molar-refractivity contribution in [3.05, 3.63) is 88.7 Å². The van der Waals surface area contributed by atoms with Gasteiger partial charge in [0, 0.05) is 35.7 Å². The molecule has 0 saturated carbocycles. The Bertz CT molecular complexity index is 966. The van der Waals surface area contributed by atoms with E-state index in [0.29, 0.717) is 17.3 Å². The SMILES string of the molecule is CCCCCN(Cc1cccn1Cc1ccccc1C)C(=O)Nc1cccc(Cl)c1. The normalized spacial score (nSPS) is 10.8. The number of nitrogens with zero attached hydrogens (tertiary/aromatic N) is 2. The van der Waals surface area contributed by atoms with Crippen LogP contribution in [0.15, 0.2) is 66.9 Å². The van der Waals surface area contributed by atoms with Gasteiger partial charge in [0.1, 0.15) is 0 Å². The molecule has 1 N–H and O–H groups in total. The van der Waals surface area contributed by atoms with Gasteiger partial charge in [-0.1, -0.05) is 61.7 Å². The van der Waals surface area contributed by atoms with Crippen LogP contribution in [0.2, 0.25) is 5.02 Å². The van der Waals surface area contributed by atoms with Crippen molar-refractivity contribution < 1.29 is 4.79 Å². The summed E-state index contributed by atoms with van der Waals surface area (Å²) < 4.78 is 2.22. The van der Waals surface area contributed by atoms with Crippen LogP contribution in [0.25, 0.3) is 0 Å². The Morgan fingerprint density at radius 2 is 1.90 bits per heavy atom. The average Bonchev–Trinajstić information content (AvgIpc) is 3.16. The minimum Gasteiger partial charge on any atom is -0.345 e. The second-order valence-electron chi connectivity index (χ2n) is 7.62. The van der Waals surface area contributed by atoms with Crippen molar-refractivity contribution in [3.8, 4) is 0 Å². The highest BCUT2D eigenvalue weighted by Gasteiger charge is 2.16. The maximum absolute atomic E-state index is 13.0. The summed E-state index contributed by atoms with van der Waals surface area (Å²) in [6.45, 7) is 6.39. The molecule has 4 nitrogen and oxygen atoms in total. The van der Waals surface area contributed by atoms with Gasteiger partial charge in [-0.05, 0) is 54.8 Å². The number of urea groups is 1. The molecular weight excluding hydrogens is 394 g/mol. The lowest BCUT2D eigenvalue weighted by molar-refractivity contribution is 0.206. The van der Waals surface area contributed by atoms with Gasteiger partial charge in [0.25, 0.3) is 0 Å². The molecule has 2 amide bonds. The third kappa shape index (κ3) is 6.14. The first-order valence-electron chi connectivity index (χ1n) is 10.6. The third-order valence-corrected chi connectivity index (χ3v) is 5.51. The zero-order valence-electron chi connectivity index (χ0n) is 17.8. The molecule has 0 fully saturated rings. The van der Waals surface area contributed by atoms with Crippen molar-refractivity contribution in [1.82, 2.24) is 9.47 Å². The summed E-state index contributed by atoms with van der Waals surface area (Å²) in [6.07, 6.45) is 5.29. The Kier molecular flexibility index (Phi) is 7.97. The van der Waals surface area contributed by atoms with Gasteiger partial charge in [-0.3, -0.25) is 0 Å². The van der Waals surface area contributed by atoms with Crippen LogP contribution >= 0.6 is 11.6 Å². The predicted octanol–water partition coefficient (Wildman–Crippen LogP) is 6.72. The molecule has 2 aromatic carbocycles. The molecule has 1 heterocycles. The van der Waals surface area contributed by atoms with Crippen molar-refractivity contribution in [1.29, 1.82) is 0 Å². The Balaban J connectivity index is 1.74. The van der Waals surface area contributed by atoms with Crippen molar-refractivity contribution in [3.63, 3.8) is 0 Å². The molecule has 3 rings (SSSR count). The van der Waals surface area contributed by atoms with Crippen LogP contribution in [-0.4, -0.2) is 22.0 Å². The fourth-order valence-corrected chi connectivity index (χ4v) is 3.68. The first-order chi connectivity index (χ1) is 14.6. The monoisotopic (exact) mass is 423 g/mol. The minimum atomic E-state index is -0.1000. The molecule has 0 bridgehead atoms. The number of amides is 2. The van der Waals surface area contributed by atoms with E-state index in [2.05, 4.69) is 60.3 Å². The summed E-state index contributed by atoms with van der Waals surface area (Å²) in [7, 11) is 0. The fourth-order valence-electron chi connectivity index (χ4n) is 3.49. The van der Waals surface area contributed by atoms with Gasteiger partial charge in [0.15, 0.2) is 0 Å². The number of aromatic nitrogens is 1. The number of benzene rings is 2. The van der Waals surface area contributed by atoms with Gasteiger partial charge in [0.2, 0.25) is 0 Å². The van der Waals surface area contributed by atoms with Crippen LogP contribution in [-0.2, 0) is 13.1 Å². The molecule has 0 unspecified atom stereocenters. The lowest BCUT2D eigenvalue weighted by Crippen LogP contribution is -2.36. The zero-order chi connectivity index (χ0) is 21.3. The molecule has 3 aromatic rings. The van der Waals surface area contributed by atoms with Crippen molar-refractivity contribution >= 4 is 23.3 Å². The van der Waals surface area contributed by atoms with E-state index in [4.69, 9.17) is 11.6 Å². The van der Waals surface area contributed by atoms with E-state index in [1.807, 2.05) is 23.1 Å². The lowest BCUT2D eigenvalue weighted by atomic mass is 10.1. The van der Waals surface area contributed by atoms with Crippen LogP contribution in [0.3, 0.4) is 0 Å². The van der Waals surface area contributed by atoms with Crippen LogP contribution in [0.1, 0.15) is 43.0 Å². The number of aryl methyl sites for hydroxylation is 1. The largest absolute Gasteiger partial charge is 0.345 e. The molecule has 5 heteroatoms. The topological polar surface area (TPSA) is 37.3 Å². The van der Waals surface area contributed by atoms with Crippen molar-refractivity contribution in [2.45, 2.75) is 46.2 Å². The Labute approximate surface area is 184 Å². The van der Waals surface area contributed by atoms with E-state index < -0.39 is 0 Å². The molecule has 0 saturated heterocycles. The average molecular weight is 424 g/mol. The van der Waals surface area contributed by atoms with E-state index in [9.17, 15) is 4.79 Å². The summed E-state index contributed by atoms with van der Waals surface area (Å²) in [5.41, 5.74) is 4.39. The molecule has 0 aliphatic carbocycles. The molecular formula is C25H30ClN3O. The van der Waals surface area contributed by atoms with E-state index >= 15 is 0 Å². The standard InChI is InChI=1S/C25H30ClN3O/c1-3-4-7-15-29(25(30)27-23-13-8-12-22(26)17-23)19-24-14-9-16-28(24)18-21-11-6-5-10-20(21)2/h5-6,8-14,16-17H,3-4,7,15,18-19H2,1-2H3,(H,27,30). The first kappa shape index (κ1) is 22.0. The highest BCUT2D eigenvalue weighted by molar-refractivity contribution is 6.30.